The molecule has 2 aliphatic rings. The Hall–Kier alpha value is -1.35. The average Bonchev–Trinajstić information content (AvgIpc) is 2.46. The Labute approximate surface area is 121 Å². The molecule has 0 radical (unpaired) electrons. The van der Waals surface area contributed by atoms with E-state index in [1.54, 1.807) is 0 Å². The molecule has 2 heterocycles. The van der Waals surface area contributed by atoms with Crippen LogP contribution in [-0.4, -0.2) is 29.9 Å². The van der Waals surface area contributed by atoms with Gasteiger partial charge in [0.25, 0.3) is 0 Å². The largest absolute Gasteiger partial charge is 0.341 e. The second-order valence-electron chi connectivity index (χ2n) is 6.90. The molecule has 3 rings (SSSR count). The molecule has 1 fully saturated rings. The molecule has 1 atom stereocenters. The van der Waals surface area contributed by atoms with Crippen LogP contribution in [0.1, 0.15) is 37.8 Å². The second kappa shape index (κ2) is 5.21. The summed E-state index contributed by atoms with van der Waals surface area (Å²) in [7, 11) is 0. The van der Waals surface area contributed by atoms with Gasteiger partial charge in [-0.05, 0) is 35.8 Å². The van der Waals surface area contributed by atoms with Gasteiger partial charge in [0.2, 0.25) is 5.91 Å². The van der Waals surface area contributed by atoms with E-state index >= 15 is 0 Å². The highest BCUT2D eigenvalue weighted by atomic mass is 16.2. The van der Waals surface area contributed by atoms with Gasteiger partial charge in [-0.25, -0.2) is 0 Å². The average molecular weight is 272 g/mol. The van der Waals surface area contributed by atoms with Crippen molar-refractivity contribution in [2.75, 3.05) is 13.1 Å². The van der Waals surface area contributed by atoms with Crippen molar-refractivity contribution in [1.82, 2.24) is 10.2 Å². The third kappa shape index (κ3) is 2.73. The molecule has 0 bridgehead atoms. The van der Waals surface area contributed by atoms with Crippen LogP contribution in [-0.2, 0) is 17.8 Å². The van der Waals surface area contributed by atoms with Crippen molar-refractivity contribution >= 4 is 5.91 Å². The van der Waals surface area contributed by atoms with Crippen molar-refractivity contribution in [3.8, 4) is 0 Å². The summed E-state index contributed by atoms with van der Waals surface area (Å²) in [5.41, 5.74) is 3.04. The van der Waals surface area contributed by atoms with Crippen LogP contribution >= 0.6 is 0 Å². The number of nitrogens with zero attached hydrogens (tertiary/aromatic N) is 1. The summed E-state index contributed by atoms with van der Waals surface area (Å²) in [6.45, 7) is 7.22. The maximum Gasteiger partial charge on any atom is 0.240 e. The second-order valence-corrected chi connectivity index (χ2v) is 6.90. The smallest absolute Gasteiger partial charge is 0.240 e. The molecule has 3 heteroatoms. The van der Waals surface area contributed by atoms with Gasteiger partial charge in [0.15, 0.2) is 0 Å². The van der Waals surface area contributed by atoms with Gasteiger partial charge < -0.3 is 10.2 Å². The molecule has 1 N–H and O–H groups in total. The summed E-state index contributed by atoms with van der Waals surface area (Å²) in [5, 5.41) is 3.40. The van der Waals surface area contributed by atoms with E-state index in [-0.39, 0.29) is 11.9 Å². The zero-order valence-corrected chi connectivity index (χ0v) is 12.5. The van der Waals surface area contributed by atoms with E-state index in [1.165, 1.54) is 11.1 Å². The van der Waals surface area contributed by atoms with Crippen LogP contribution in [0.15, 0.2) is 24.3 Å². The summed E-state index contributed by atoms with van der Waals surface area (Å²) in [5.74, 6) is 0.287. The maximum absolute atomic E-state index is 12.6. The predicted octanol–water partition coefficient (Wildman–Crippen LogP) is 2.35. The first-order valence-corrected chi connectivity index (χ1v) is 7.64. The molecule has 1 aromatic rings. The Morgan fingerprint density at radius 3 is 2.55 bits per heavy atom. The standard InChI is InChI=1S/C17H24N2O/c1-17(2)7-9-19(10-8-17)16(20)15-11-13-5-3-4-6-14(13)12-18-15/h3-6,15,18H,7-12H2,1-2H3/t15-/m1/s1. The van der Waals surface area contributed by atoms with Crippen molar-refractivity contribution in [2.24, 2.45) is 5.41 Å². The summed E-state index contributed by atoms with van der Waals surface area (Å²) in [4.78, 5) is 14.7. The van der Waals surface area contributed by atoms with E-state index in [9.17, 15) is 4.79 Å². The molecular weight excluding hydrogens is 248 g/mol. The maximum atomic E-state index is 12.6. The van der Waals surface area contributed by atoms with Gasteiger partial charge >= 0.3 is 0 Å². The van der Waals surface area contributed by atoms with E-state index in [4.69, 9.17) is 0 Å². The highest BCUT2D eigenvalue weighted by Crippen LogP contribution is 2.30. The van der Waals surface area contributed by atoms with E-state index < -0.39 is 0 Å². The van der Waals surface area contributed by atoms with E-state index in [2.05, 4.69) is 48.3 Å². The monoisotopic (exact) mass is 272 g/mol. The lowest BCUT2D eigenvalue weighted by Gasteiger charge is -2.39. The number of hydrogen-bond acceptors (Lipinski definition) is 2. The Kier molecular flexibility index (Phi) is 3.55. The summed E-state index contributed by atoms with van der Waals surface area (Å²) in [6, 6.07) is 8.39. The molecule has 0 spiro atoms. The molecular formula is C17H24N2O. The quantitative estimate of drug-likeness (QED) is 0.851. The van der Waals surface area contributed by atoms with Crippen LogP contribution in [0.4, 0.5) is 0 Å². The minimum Gasteiger partial charge on any atom is -0.341 e. The number of carbonyl (C=O) groups is 1. The van der Waals surface area contributed by atoms with Gasteiger partial charge in [-0.3, -0.25) is 4.79 Å². The first kappa shape index (κ1) is 13.6. The number of piperidine rings is 1. The zero-order chi connectivity index (χ0) is 14.2. The molecule has 0 saturated carbocycles. The summed E-state index contributed by atoms with van der Waals surface area (Å²) < 4.78 is 0. The first-order chi connectivity index (χ1) is 9.55. The van der Waals surface area contributed by atoms with E-state index in [1.807, 2.05) is 0 Å². The first-order valence-electron chi connectivity index (χ1n) is 7.64. The van der Waals surface area contributed by atoms with Crippen LogP contribution in [0.2, 0.25) is 0 Å². The fourth-order valence-electron chi connectivity index (χ4n) is 3.18. The molecule has 1 aromatic carbocycles. The van der Waals surface area contributed by atoms with Crippen molar-refractivity contribution in [3.05, 3.63) is 35.4 Å². The van der Waals surface area contributed by atoms with Crippen molar-refractivity contribution in [1.29, 1.82) is 0 Å². The lowest BCUT2D eigenvalue weighted by Crippen LogP contribution is -2.52. The van der Waals surface area contributed by atoms with Crippen LogP contribution in [0.25, 0.3) is 0 Å². The topological polar surface area (TPSA) is 32.3 Å². The molecule has 0 aromatic heterocycles. The molecule has 1 saturated heterocycles. The van der Waals surface area contributed by atoms with Crippen molar-refractivity contribution in [2.45, 2.75) is 45.7 Å². The fourth-order valence-corrected chi connectivity index (χ4v) is 3.18. The van der Waals surface area contributed by atoms with Crippen LogP contribution in [0, 0.1) is 5.41 Å². The molecule has 2 aliphatic heterocycles. The van der Waals surface area contributed by atoms with Gasteiger partial charge in [-0.15, -0.1) is 0 Å². The predicted molar refractivity (Wildman–Crippen MR) is 80.4 cm³/mol. The van der Waals surface area contributed by atoms with Crippen LogP contribution < -0.4 is 5.32 Å². The fraction of sp³-hybridized carbons (Fsp3) is 0.588. The number of nitrogens with one attached hydrogen (secondary N) is 1. The lowest BCUT2D eigenvalue weighted by molar-refractivity contribution is -0.135. The minimum absolute atomic E-state index is 0.0360. The van der Waals surface area contributed by atoms with Crippen LogP contribution in [0.5, 0.6) is 0 Å². The normalized spacial score (nSPS) is 25.1. The highest BCUT2D eigenvalue weighted by molar-refractivity contribution is 5.82. The number of fused-ring (bicyclic) bond motifs is 1. The number of rotatable bonds is 1. The molecule has 0 aliphatic carbocycles. The Morgan fingerprint density at radius 1 is 1.20 bits per heavy atom. The molecule has 3 nitrogen and oxygen atoms in total. The number of likely N-dealkylation sites (tertiary alicyclic amines) is 1. The highest BCUT2D eigenvalue weighted by Gasteiger charge is 2.32. The van der Waals surface area contributed by atoms with Crippen molar-refractivity contribution in [3.63, 3.8) is 0 Å². The Balaban J connectivity index is 1.65. The van der Waals surface area contributed by atoms with E-state index in [0.29, 0.717) is 5.41 Å². The third-order valence-corrected chi connectivity index (χ3v) is 4.81. The summed E-state index contributed by atoms with van der Waals surface area (Å²) >= 11 is 0. The van der Waals surface area contributed by atoms with Gasteiger partial charge in [0.05, 0.1) is 6.04 Å². The number of benzene rings is 1. The van der Waals surface area contributed by atoms with Crippen LogP contribution in [0.3, 0.4) is 0 Å². The van der Waals surface area contributed by atoms with Crippen molar-refractivity contribution < 1.29 is 4.79 Å². The zero-order valence-electron chi connectivity index (χ0n) is 12.5. The molecule has 20 heavy (non-hydrogen) atoms. The minimum atomic E-state index is -0.0360. The number of carbonyl (C=O) groups excluding carboxylic acids is 1. The van der Waals surface area contributed by atoms with Gasteiger partial charge in [-0.1, -0.05) is 38.1 Å². The lowest BCUT2D eigenvalue weighted by atomic mass is 9.82. The van der Waals surface area contributed by atoms with Gasteiger partial charge in [-0.2, -0.15) is 0 Å². The number of amides is 1. The molecule has 1 amide bonds. The Morgan fingerprint density at radius 2 is 1.85 bits per heavy atom. The third-order valence-electron chi connectivity index (χ3n) is 4.81. The molecule has 108 valence electrons. The summed E-state index contributed by atoms with van der Waals surface area (Å²) in [6.07, 6.45) is 3.05. The Bertz CT molecular complexity index is 499. The van der Waals surface area contributed by atoms with Gasteiger partial charge in [0, 0.05) is 19.6 Å². The van der Waals surface area contributed by atoms with Gasteiger partial charge in [0.1, 0.15) is 0 Å². The van der Waals surface area contributed by atoms with E-state index in [0.717, 1.165) is 38.9 Å². The SMILES string of the molecule is CC1(C)CCN(C(=O)[C@H]2Cc3ccccc3CN2)CC1. The number of hydrogen-bond donors (Lipinski definition) is 1. The molecule has 0 unspecified atom stereocenters.